The molecule has 2 amide bonds. The van der Waals surface area contributed by atoms with Gasteiger partial charge >= 0.3 is 0 Å². The monoisotopic (exact) mass is 599 g/mol. The van der Waals surface area contributed by atoms with Crippen LogP contribution in [0, 0.1) is 6.92 Å². The molecule has 4 aromatic rings. The predicted molar refractivity (Wildman–Crippen MR) is 169 cm³/mol. The molecule has 0 spiro atoms. The van der Waals surface area contributed by atoms with E-state index in [2.05, 4.69) is 5.32 Å². The van der Waals surface area contributed by atoms with Gasteiger partial charge in [-0.2, -0.15) is 0 Å². The average molecular weight is 600 g/mol. The molecule has 1 atom stereocenters. The summed E-state index contributed by atoms with van der Waals surface area (Å²) in [5.41, 5.74) is 2.20. The Morgan fingerprint density at radius 3 is 2.00 bits per heavy atom. The molecule has 0 fully saturated rings. The minimum atomic E-state index is -4.15. The predicted octanol–water partition coefficient (Wildman–Crippen LogP) is 5.58. The Labute approximate surface area is 254 Å². The van der Waals surface area contributed by atoms with Crippen molar-refractivity contribution >= 4 is 27.5 Å². The van der Waals surface area contributed by atoms with Crippen LogP contribution in [0.25, 0.3) is 0 Å². The average Bonchev–Trinajstić information content (AvgIpc) is 3.01. The smallest absolute Gasteiger partial charge is 0.264 e. The third-order valence-electron chi connectivity index (χ3n) is 6.99. The number of likely N-dealkylation sites (N-methyl/N-ethyl adjacent to an activating group) is 1. The highest BCUT2D eigenvalue weighted by molar-refractivity contribution is 7.92. The van der Waals surface area contributed by atoms with Gasteiger partial charge in [-0.05, 0) is 81.3 Å². The summed E-state index contributed by atoms with van der Waals surface area (Å²) >= 11 is 0. The highest BCUT2D eigenvalue weighted by Crippen LogP contribution is 2.28. The third kappa shape index (κ3) is 8.23. The Hall–Kier alpha value is -4.63. The number of anilines is 1. The molecule has 43 heavy (non-hydrogen) atoms. The molecular formula is C34H37N3O5S. The van der Waals surface area contributed by atoms with Gasteiger partial charge in [-0.25, -0.2) is 8.42 Å². The second kappa shape index (κ2) is 14.5. The summed E-state index contributed by atoms with van der Waals surface area (Å²) in [5, 5.41) is 2.77. The fourth-order valence-corrected chi connectivity index (χ4v) is 5.98. The lowest BCUT2D eigenvalue weighted by molar-refractivity contribution is -0.138. The fraction of sp³-hybridized carbons (Fsp3) is 0.235. The van der Waals surface area contributed by atoms with Gasteiger partial charge in [-0.1, -0.05) is 66.2 Å². The Kier molecular flexibility index (Phi) is 10.6. The molecule has 1 N–H and O–H groups in total. The van der Waals surface area contributed by atoms with E-state index in [1.165, 1.54) is 17.0 Å². The summed E-state index contributed by atoms with van der Waals surface area (Å²) in [6.07, 6.45) is 0.507. The summed E-state index contributed by atoms with van der Waals surface area (Å²) in [4.78, 5) is 28.3. The summed E-state index contributed by atoms with van der Waals surface area (Å²) in [5.74, 6) is 0.362. The maximum absolute atomic E-state index is 14.0. The number of nitrogens with zero attached hydrogens (tertiary/aromatic N) is 2. The molecule has 9 heteroatoms. The van der Waals surface area contributed by atoms with Crippen molar-refractivity contribution in [3.8, 4) is 11.5 Å². The largest absolute Gasteiger partial charge is 0.457 e. The maximum atomic E-state index is 14.0. The first kappa shape index (κ1) is 31.3. The van der Waals surface area contributed by atoms with Gasteiger partial charge < -0.3 is 15.0 Å². The number of rotatable bonds is 13. The Bertz CT molecular complexity index is 1590. The van der Waals surface area contributed by atoms with E-state index in [0.29, 0.717) is 30.2 Å². The number of hydrogen-bond donors (Lipinski definition) is 1. The van der Waals surface area contributed by atoms with E-state index in [-0.39, 0.29) is 17.3 Å². The zero-order valence-electron chi connectivity index (χ0n) is 24.6. The summed E-state index contributed by atoms with van der Waals surface area (Å²) < 4.78 is 35.0. The van der Waals surface area contributed by atoms with Crippen molar-refractivity contribution < 1.29 is 22.7 Å². The highest BCUT2D eigenvalue weighted by Gasteiger charge is 2.32. The Morgan fingerprint density at radius 1 is 0.814 bits per heavy atom. The van der Waals surface area contributed by atoms with E-state index < -0.39 is 28.5 Å². The van der Waals surface area contributed by atoms with Gasteiger partial charge in [0.1, 0.15) is 24.1 Å². The van der Waals surface area contributed by atoms with E-state index in [0.717, 1.165) is 15.4 Å². The van der Waals surface area contributed by atoms with Crippen molar-refractivity contribution in [3.63, 3.8) is 0 Å². The van der Waals surface area contributed by atoms with Gasteiger partial charge in [0.25, 0.3) is 10.0 Å². The van der Waals surface area contributed by atoms with Crippen molar-refractivity contribution in [2.75, 3.05) is 23.9 Å². The number of amides is 2. The van der Waals surface area contributed by atoms with E-state index >= 15 is 0 Å². The third-order valence-corrected chi connectivity index (χ3v) is 8.78. The molecule has 8 nitrogen and oxygen atoms in total. The number of aryl methyl sites for hydroxylation is 1. The maximum Gasteiger partial charge on any atom is 0.264 e. The van der Waals surface area contributed by atoms with Crippen LogP contribution >= 0.6 is 0 Å². The number of carbonyl (C=O) groups is 2. The Morgan fingerprint density at radius 2 is 1.40 bits per heavy atom. The minimum absolute atomic E-state index is 0.0584. The fourth-order valence-electron chi connectivity index (χ4n) is 4.56. The van der Waals surface area contributed by atoms with Crippen LogP contribution in [0.4, 0.5) is 5.69 Å². The second-order valence-electron chi connectivity index (χ2n) is 10.1. The molecule has 0 saturated carbocycles. The highest BCUT2D eigenvalue weighted by atomic mass is 32.2. The van der Waals surface area contributed by atoms with Crippen LogP contribution in [-0.4, -0.2) is 50.8 Å². The standard InChI is InChI=1S/C34H37N3O5S/c1-4-35-34(39)27(3)36(24-23-28-11-7-5-8-12-28)33(38)25-37(43(40,41)32-21-15-26(2)16-22-32)29-17-19-31(20-18-29)42-30-13-9-6-10-14-30/h5-22,27H,4,23-25H2,1-3H3,(H,35,39)/t27-/m0/s1. The van der Waals surface area contributed by atoms with Crippen LogP contribution < -0.4 is 14.4 Å². The Balaban J connectivity index is 1.66. The van der Waals surface area contributed by atoms with Crippen LogP contribution in [0.15, 0.2) is 114 Å². The van der Waals surface area contributed by atoms with E-state index in [1.54, 1.807) is 43.3 Å². The number of para-hydroxylation sites is 1. The van der Waals surface area contributed by atoms with Gasteiger partial charge in [0, 0.05) is 13.1 Å². The molecule has 0 radical (unpaired) electrons. The molecule has 0 aromatic heterocycles. The van der Waals surface area contributed by atoms with Crippen molar-refractivity contribution in [2.24, 2.45) is 0 Å². The lowest BCUT2D eigenvalue weighted by Gasteiger charge is -2.32. The number of sulfonamides is 1. The van der Waals surface area contributed by atoms with E-state index in [4.69, 9.17) is 4.74 Å². The molecule has 4 aromatic carbocycles. The summed E-state index contributed by atoms with van der Waals surface area (Å²) in [7, 11) is -4.15. The van der Waals surface area contributed by atoms with Crippen LogP contribution in [0.1, 0.15) is 25.0 Å². The van der Waals surface area contributed by atoms with Crippen molar-refractivity contribution in [2.45, 2.75) is 38.1 Å². The molecule has 0 aliphatic carbocycles. The zero-order chi connectivity index (χ0) is 30.8. The first-order chi connectivity index (χ1) is 20.7. The van der Waals surface area contributed by atoms with Crippen LogP contribution in [-0.2, 0) is 26.0 Å². The van der Waals surface area contributed by atoms with Gasteiger partial charge in [0.2, 0.25) is 11.8 Å². The van der Waals surface area contributed by atoms with Crippen LogP contribution in [0.2, 0.25) is 0 Å². The number of ether oxygens (including phenoxy) is 1. The molecule has 224 valence electrons. The van der Waals surface area contributed by atoms with Gasteiger partial charge in [-0.15, -0.1) is 0 Å². The number of benzene rings is 4. The molecule has 0 aliphatic heterocycles. The van der Waals surface area contributed by atoms with Gasteiger partial charge in [-0.3, -0.25) is 13.9 Å². The molecule has 0 heterocycles. The van der Waals surface area contributed by atoms with E-state index in [1.807, 2.05) is 74.5 Å². The van der Waals surface area contributed by atoms with Crippen LogP contribution in [0.5, 0.6) is 11.5 Å². The molecule has 0 unspecified atom stereocenters. The number of nitrogens with one attached hydrogen (secondary N) is 1. The minimum Gasteiger partial charge on any atom is -0.457 e. The summed E-state index contributed by atoms with van der Waals surface area (Å²) in [6.45, 7) is 5.49. The molecule has 4 rings (SSSR count). The van der Waals surface area contributed by atoms with Crippen molar-refractivity contribution in [1.29, 1.82) is 0 Å². The molecule has 0 aliphatic rings. The molecule has 0 bridgehead atoms. The van der Waals surface area contributed by atoms with Gasteiger partial charge in [0.15, 0.2) is 0 Å². The molecular weight excluding hydrogens is 562 g/mol. The topological polar surface area (TPSA) is 96.0 Å². The van der Waals surface area contributed by atoms with Crippen molar-refractivity contribution in [1.82, 2.24) is 10.2 Å². The normalized spacial score (nSPS) is 11.8. The van der Waals surface area contributed by atoms with Gasteiger partial charge in [0.05, 0.1) is 10.6 Å². The van der Waals surface area contributed by atoms with Crippen molar-refractivity contribution in [3.05, 3.63) is 120 Å². The SMILES string of the molecule is CCNC(=O)[C@H](C)N(CCc1ccccc1)C(=O)CN(c1ccc(Oc2ccccc2)cc1)S(=O)(=O)c1ccc(C)cc1. The van der Waals surface area contributed by atoms with E-state index in [9.17, 15) is 18.0 Å². The van der Waals surface area contributed by atoms with Crippen LogP contribution in [0.3, 0.4) is 0 Å². The molecule has 0 saturated heterocycles. The number of carbonyl (C=O) groups excluding carboxylic acids is 2. The lowest BCUT2D eigenvalue weighted by Crippen LogP contribution is -2.52. The number of hydrogen-bond acceptors (Lipinski definition) is 5. The lowest BCUT2D eigenvalue weighted by atomic mass is 10.1. The quantitative estimate of drug-likeness (QED) is 0.217. The first-order valence-electron chi connectivity index (χ1n) is 14.2. The second-order valence-corrected chi connectivity index (χ2v) is 12.0. The summed E-state index contributed by atoms with van der Waals surface area (Å²) in [6, 6.07) is 31.1. The first-order valence-corrected chi connectivity index (χ1v) is 15.7. The zero-order valence-corrected chi connectivity index (χ0v) is 25.5.